The number of hydrogen-bond donors (Lipinski definition) is 0. The molecule has 0 aliphatic heterocycles. The smallest absolute Gasteiger partial charge is 0.215 e. The molecule has 1 aliphatic carbocycles. The number of methoxy groups -OCH3 is 1. The van der Waals surface area contributed by atoms with Crippen LogP contribution in [-0.4, -0.2) is 37.3 Å². The molecular weight excluding hydrogens is 312 g/mol. The fraction of sp³-hybridized carbons (Fsp3) is 0.583. The molecule has 0 spiro atoms. The van der Waals surface area contributed by atoms with Gasteiger partial charge in [-0.1, -0.05) is 24.4 Å². The van der Waals surface area contributed by atoms with Gasteiger partial charge in [-0.05, 0) is 35.0 Å². The lowest BCUT2D eigenvalue weighted by molar-refractivity contribution is 0.177. The molecule has 0 bridgehead atoms. The van der Waals surface area contributed by atoms with Crippen molar-refractivity contribution in [2.45, 2.75) is 48.5 Å². The van der Waals surface area contributed by atoms with Crippen LogP contribution in [0.3, 0.4) is 0 Å². The van der Waals surface area contributed by atoms with E-state index < -0.39 is 0 Å². The van der Waals surface area contributed by atoms with Gasteiger partial charge in [0.1, 0.15) is 16.8 Å². The third-order valence-corrected chi connectivity index (χ3v) is 4.38. The van der Waals surface area contributed by atoms with Crippen LogP contribution in [0.1, 0.15) is 37.5 Å². The standard InChI is InChI=1S/C12H15ClN6OS/c1-20-7-10-14-9(13)6-11(15-10)21-12-16-17-18-19(12)8-4-2-3-5-8/h6,8H,2-5,7H2,1H3. The van der Waals surface area contributed by atoms with Gasteiger partial charge in [0.2, 0.25) is 5.16 Å². The number of nitrogens with zero attached hydrogens (tertiary/aromatic N) is 6. The van der Waals surface area contributed by atoms with Crippen molar-refractivity contribution < 1.29 is 4.74 Å². The highest BCUT2D eigenvalue weighted by molar-refractivity contribution is 7.99. The van der Waals surface area contributed by atoms with Gasteiger partial charge in [-0.15, -0.1) is 5.10 Å². The van der Waals surface area contributed by atoms with E-state index >= 15 is 0 Å². The zero-order chi connectivity index (χ0) is 14.7. The van der Waals surface area contributed by atoms with Gasteiger partial charge < -0.3 is 4.74 Å². The van der Waals surface area contributed by atoms with Gasteiger partial charge >= 0.3 is 0 Å². The fourth-order valence-electron chi connectivity index (χ4n) is 2.41. The molecule has 2 heterocycles. The van der Waals surface area contributed by atoms with Crippen LogP contribution >= 0.6 is 23.4 Å². The summed E-state index contributed by atoms with van der Waals surface area (Å²) in [5.74, 6) is 0.549. The van der Waals surface area contributed by atoms with Crippen LogP contribution in [0.25, 0.3) is 0 Å². The molecule has 1 fully saturated rings. The van der Waals surface area contributed by atoms with Crippen molar-refractivity contribution in [2.24, 2.45) is 0 Å². The summed E-state index contributed by atoms with van der Waals surface area (Å²) in [4.78, 5) is 8.51. The summed E-state index contributed by atoms with van der Waals surface area (Å²) in [5, 5.41) is 13.8. The Bertz CT molecular complexity index is 616. The first-order chi connectivity index (χ1) is 10.3. The van der Waals surface area contributed by atoms with Crippen LogP contribution in [0.2, 0.25) is 5.15 Å². The first-order valence-corrected chi connectivity index (χ1v) is 7.94. The third-order valence-electron chi connectivity index (χ3n) is 3.32. The summed E-state index contributed by atoms with van der Waals surface area (Å²) >= 11 is 7.41. The van der Waals surface area contributed by atoms with Gasteiger partial charge in [0, 0.05) is 13.2 Å². The highest BCUT2D eigenvalue weighted by atomic mass is 35.5. The number of aromatic nitrogens is 6. The normalized spacial score (nSPS) is 15.7. The molecule has 9 heteroatoms. The third kappa shape index (κ3) is 3.50. The summed E-state index contributed by atoms with van der Waals surface area (Å²) in [7, 11) is 1.59. The second-order valence-corrected chi connectivity index (χ2v) is 6.20. The van der Waals surface area contributed by atoms with Gasteiger partial charge in [-0.25, -0.2) is 14.6 Å². The molecule has 0 unspecified atom stereocenters. The highest BCUT2D eigenvalue weighted by Crippen LogP contribution is 2.33. The van der Waals surface area contributed by atoms with Crippen molar-refractivity contribution in [2.75, 3.05) is 7.11 Å². The lowest BCUT2D eigenvalue weighted by atomic mass is 10.3. The molecule has 112 valence electrons. The minimum atomic E-state index is 0.321. The molecule has 21 heavy (non-hydrogen) atoms. The van der Waals surface area contributed by atoms with E-state index in [-0.39, 0.29) is 0 Å². The topological polar surface area (TPSA) is 78.6 Å². The molecule has 2 aromatic rings. The zero-order valence-electron chi connectivity index (χ0n) is 11.6. The maximum absolute atomic E-state index is 6.01. The van der Waals surface area contributed by atoms with Crippen molar-refractivity contribution in [3.63, 3.8) is 0 Å². The predicted octanol–water partition coefficient (Wildman–Crippen LogP) is 2.53. The molecule has 0 radical (unpaired) electrons. The van der Waals surface area contributed by atoms with E-state index in [0.717, 1.165) is 23.0 Å². The van der Waals surface area contributed by atoms with Gasteiger partial charge in [0.25, 0.3) is 0 Å². The van der Waals surface area contributed by atoms with Crippen LogP contribution in [-0.2, 0) is 11.3 Å². The van der Waals surface area contributed by atoms with Crippen LogP contribution in [0.4, 0.5) is 0 Å². The van der Waals surface area contributed by atoms with E-state index in [1.165, 1.54) is 24.6 Å². The number of ether oxygens (including phenoxy) is 1. The van der Waals surface area contributed by atoms with Crippen molar-refractivity contribution in [1.29, 1.82) is 0 Å². The summed E-state index contributed by atoms with van der Waals surface area (Å²) in [6, 6.07) is 2.09. The van der Waals surface area contributed by atoms with Crippen molar-refractivity contribution in [3.8, 4) is 0 Å². The van der Waals surface area contributed by atoms with Crippen molar-refractivity contribution >= 4 is 23.4 Å². The molecule has 0 saturated heterocycles. The Balaban J connectivity index is 1.82. The van der Waals surface area contributed by atoms with E-state index in [1.807, 2.05) is 4.68 Å². The molecule has 0 N–H and O–H groups in total. The highest BCUT2D eigenvalue weighted by Gasteiger charge is 2.22. The maximum atomic E-state index is 6.01. The SMILES string of the molecule is COCc1nc(Cl)cc(Sc2nnnn2C2CCCC2)n1. The van der Waals surface area contributed by atoms with E-state index in [4.69, 9.17) is 16.3 Å². The van der Waals surface area contributed by atoms with E-state index in [2.05, 4.69) is 25.5 Å². The molecule has 0 amide bonds. The largest absolute Gasteiger partial charge is 0.377 e. The molecule has 1 aliphatic rings. The summed E-state index contributed by atoms with van der Waals surface area (Å²) in [6.45, 7) is 0.321. The minimum absolute atomic E-state index is 0.321. The molecular formula is C12H15ClN6OS. The predicted molar refractivity (Wildman–Crippen MR) is 77.2 cm³/mol. The number of rotatable bonds is 5. The van der Waals surface area contributed by atoms with Gasteiger partial charge in [0.15, 0.2) is 5.82 Å². The van der Waals surface area contributed by atoms with Crippen LogP contribution in [0.5, 0.6) is 0 Å². The Kier molecular flexibility index (Phi) is 4.67. The Hall–Kier alpha value is -1.25. The van der Waals surface area contributed by atoms with E-state index in [9.17, 15) is 0 Å². The fourth-order valence-corrected chi connectivity index (χ4v) is 3.54. The second-order valence-electron chi connectivity index (χ2n) is 4.82. The minimum Gasteiger partial charge on any atom is -0.377 e. The van der Waals surface area contributed by atoms with Crippen molar-refractivity contribution in [3.05, 3.63) is 17.0 Å². The Morgan fingerprint density at radius 2 is 2.19 bits per heavy atom. The molecule has 0 aromatic carbocycles. The Morgan fingerprint density at radius 3 is 2.95 bits per heavy atom. The monoisotopic (exact) mass is 326 g/mol. The molecule has 2 aromatic heterocycles. The molecule has 7 nitrogen and oxygen atoms in total. The van der Waals surface area contributed by atoms with E-state index in [0.29, 0.717) is 23.6 Å². The average Bonchev–Trinajstić information content (AvgIpc) is 3.08. The first-order valence-electron chi connectivity index (χ1n) is 6.74. The van der Waals surface area contributed by atoms with E-state index in [1.54, 1.807) is 13.2 Å². The second kappa shape index (κ2) is 6.67. The summed E-state index contributed by atoms with van der Waals surface area (Å²) in [5.41, 5.74) is 0. The van der Waals surface area contributed by atoms with Crippen LogP contribution in [0.15, 0.2) is 16.2 Å². The molecule has 3 rings (SSSR count). The number of hydrogen-bond acceptors (Lipinski definition) is 7. The Morgan fingerprint density at radius 1 is 1.38 bits per heavy atom. The van der Waals surface area contributed by atoms with Crippen LogP contribution < -0.4 is 0 Å². The van der Waals surface area contributed by atoms with Crippen molar-refractivity contribution in [1.82, 2.24) is 30.2 Å². The summed E-state index contributed by atoms with van der Waals surface area (Å²) in [6.07, 6.45) is 4.70. The van der Waals surface area contributed by atoms with Gasteiger partial charge in [-0.2, -0.15) is 0 Å². The lowest BCUT2D eigenvalue weighted by Crippen LogP contribution is -2.08. The first kappa shape index (κ1) is 14.7. The maximum Gasteiger partial charge on any atom is 0.215 e. The van der Waals surface area contributed by atoms with Gasteiger partial charge in [-0.3, -0.25) is 0 Å². The number of halogens is 1. The summed E-state index contributed by atoms with van der Waals surface area (Å²) < 4.78 is 6.93. The average molecular weight is 327 g/mol. The Labute approximate surface area is 131 Å². The quantitative estimate of drug-likeness (QED) is 0.781. The van der Waals surface area contributed by atoms with Gasteiger partial charge in [0.05, 0.1) is 6.04 Å². The number of tetrazole rings is 1. The zero-order valence-corrected chi connectivity index (χ0v) is 13.1. The lowest BCUT2D eigenvalue weighted by Gasteiger charge is -2.10. The molecule has 0 atom stereocenters. The van der Waals surface area contributed by atoms with Crippen LogP contribution in [0, 0.1) is 0 Å². The molecule has 1 saturated carbocycles.